The molecule has 0 spiro atoms. The lowest BCUT2D eigenvalue weighted by Crippen LogP contribution is -2.29. The molecular formula is C17H21N3OS. The number of nitrogens with zero attached hydrogens (tertiary/aromatic N) is 3. The van der Waals surface area contributed by atoms with Crippen LogP contribution in [0.5, 0.6) is 0 Å². The maximum absolute atomic E-state index is 12.8. The highest BCUT2D eigenvalue weighted by Gasteiger charge is 2.30. The molecule has 4 nitrogen and oxygen atoms in total. The second kappa shape index (κ2) is 6.16. The second-order valence-electron chi connectivity index (χ2n) is 5.77. The largest absolute Gasteiger partial charge is 0.336 e. The first-order chi connectivity index (χ1) is 10.6. The van der Waals surface area contributed by atoms with Crippen molar-refractivity contribution >= 4 is 17.7 Å². The molecule has 1 aliphatic heterocycles. The van der Waals surface area contributed by atoms with Crippen molar-refractivity contribution < 1.29 is 4.79 Å². The van der Waals surface area contributed by atoms with Gasteiger partial charge in [0.05, 0.1) is 17.3 Å². The van der Waals surface area contributed by atoms with Crippen molar-refractivity contribution in [2.75, 3.05) is 19.3 Å². The number of thioether (sulfide) groups is 1. The Balaban J connectivity index is 1.77. The van der Waals surface area contributed by atoms with Crippen LogP contribution in [-0.4, -0.2) is 39.9 Å². The highest BCUT2D eigenvalue weighted by molar-refractivity contribution is 7.98. The van der Waals surface area contributed by atoms with Crippen LogP contribution in [0.3, 0.4) is 0 Å². The Morgan fingerprint density at radius 1 is 1.32 bits per heavy atom. The molecule has 0 aliphatic carbocycles. The lowest BCUT2D eigenvalue weighted by Gasteiger charge is -2.18. The highest BCUT2D eigenvalue weighted by atomic mass is 32.2. The van der Waals surface area contributed by atoms with E-state index in [9.17, 15) is 4.79 Å². The average molecular weight is 315 g/mol. The fourth-order valence-corrected chi connectivity index (χ4v) is 3.72. The molecule has 22 heavy (non-hydrogen) atoms. The van der Waals surface area contributed by atoms with Gasteiger partial charge in [0, 0.05) is 23.7 Å². The topological polar surface area (TPSA) is 38.1 Å². The Hall–Kier alpha value is -1.75. The lowest BCUT2D eigenvalue weighted by molar-refractivity contribution is 0.0783. The molecule has 116 valence electrons. The van der Waals surface area contributed by atoms with Crippen LogP contribution in [0, 0.1) is 13.8 Å². The first-order valence-corrected chi connectivity index (χ1v) is 8.77. The summed E-state index contributed by atoms with van der Waals surface area (Å²) in [6, 6.07) is 10.2. The van der Waals surface area contributed by atoms with E-state index in [0.29, 0.717) is 6.04 Å². The van der Waals surface area contributed by atoms with E-state index in [1.165, 1.54) is 5.69 Å². The van der Waals surface area contributed by atoms with Crippen LogP contribution in [-0.2, 0) is 0 Å². The van der Waals surface area contributed by atoms with Crippen molar-refractivity contribution in [3.63, 3.8) is 0 Å². The third kappa shape index (κ3) is 2.77. The van der Waals surface area contributed by atoms with Crippen LogP contribution in [0.25, 0.3) is 0 Å². The maximum Gasteiger partial charge on any atom is 0.255 e. The molecular weight excluding hydrogens is 294 g/mol. The van der Waals surface area contributed by atoms with Crippen LogP contribution in [0.1, 0.15) is 34.2 Å². The number of benzene rings is 1. The zero-order valence-corrected chi connectivity index (χ0v) is 14.1. The predicted molar refractivity (Wildman–Crippen MR) is 89.5 cm³/mol. The highest BCUT2D eigenvalue weighted by Crippen LogP contribution is 2.27. The van der Waals surface area contributed by atoms with Gasteiger partial charge in [-0.05, 0) is 44.7 Å². The summed E-state index contributed by atoms with van der Waals surface area (Å²) in [5.74, 6) is 0.133. The van der Waals surface area contributed by atoms with Gasteiger partial charge in [0.1, 0.15) is 0 Å². The van der Waals surface area contributed by atoms with Crippen molar-refractivity contribution in [2.24, 2.45) is 0 Å². The van der Waals surface area contributed by atoms with E-state index in [2.05, 4.69) is 22.8 Å². The molecule has 0 radical (unpaired) electrons. The Labute approximate surface area is 135 Å². The third-order valence-corrected chi connectivity index (χ3v) is 4.97. The Kier molecular flexibility index (Phi) is 4.25. The summed E-state index contributed by atoms with van der Waals surface area (Å²) in [7, 11) is 0. The summed E-state index contributed by atoms with van der Waals surface area (Å²) < 4.78 is 2.07. The summed E-state index contributed by atoms with van der Waals surface area (Å²) in [5.41, 5.74) is 3.01. The molecule has 3 rings (SSSR count). The van der Waals surface area contributed by atoms with Crippen LogP contribution >= 0.6 is 11.8 Å². The molecule has 1 aromatic heterocycles. The van der Waals surface area contributed by atoms with E-state index < -0.39 is 0 Å². The molecule has 5 heteroatoms. The molecule has 0 N–H and O–H groups in total. The maximum atomic E-state index is 12.8. The van der Waals surface area contributed by atoms with Gasteiger partial charge in [0.15, 0.2) is 0 Å². The van der Waals surface area contributed by atoms with E-state index in [1.807, 2.05) is 42.3 Å². The van der Waals surface area contributed by atoms with E-state index in [1.54, 1.807) is 11.8 Å². The SMILES string of the molecule is CSc1ccccc1C(=O)N1CC[C@H](n2nc(C)cc2C)C1. The number of amides is 1. The summed E-state index contributed by atoms with van der Waals surface area (Å²) in [6.45, 7) is 5.62. The molecule has 0 saturated carbocycles. The monoisotopic (exact) mass is 315 g/mol. The fraction of sp³-hybridized carbons (Fsp3) is 0.412. The summed E-state index contributed by atoms with van der Waals surface area (Å²) in [6.07, 6.45) is 2.98. The minimum atomic E-state index is 0.133. The minimum Gasteiger partial charge on any atom is -0.336 e. The summed E-state index contributed by atoms with van der Waals surface area (Å²) >= 11 is 1.62. The number of rotatable bonds is 3. The molecule has 1 aliphatic rings. The van der Waals surface area contributed by atoms with Crippen molar-refractivity contribution in [3.8, 4) is 0 Å². The summed E-state index contributed by atoms with van der Waals surface area (Å²) in [4.78, 5) is 15.8. The van der Waals surface area contributed by atoms with Crippen LogP contribution in [0.4, 0.5) is 0 Å². The number of hydrogen-bond acceptors (Lipinski definition) is 3. The van der Waals surface area contributed by atoms with Crippen molar-refractivity contribution in [1.82, 2.24) is 14.7 Å². The smallest absolute Gasteiger partial charge is 0.255 e. The van der Waals surface area contributed by atoms with Crippen molar-refractivity contribution in [2.45, 2.75) is 31.2 Å². The fourth-order valence-electron chi connectivity index (χ4n) is 3.13. The Morgan fingerprint density at radius 2 is 2.09 bits per heavy atom. The first-order valence-electron chi connectivity index (χ1n) is 7.55. The van der Waals surface area contributed by atoms with Crippen molar-refractivity contribution in [3.05, 3.63) is 47.3 Å². The van der Waals surface area contributed by atoms with Gasteiger partial charge in [-0.3, -0.25) is 9.48 Å². The number of carbonyl (C=O) groups is 1. The predicted octanol–water partition coefficient (Wildman–Crippen LogP) is 3.31. The average Bonchev–Trinajstić information content (AvgIpc) is 3.12. The van der Waals surface area contributed by atoms with E-state index in [4.69, 9.17) is 0 Å². The normalized spacial score (nSPS) is 18.0. The van der Waals surface area contributed by atoms with Gasteiger partial charge in [0.2, 0.25) is 0 Å². The second-order valence-corrected chi connectivity index (χ2v) is 6.61. The molecule has 1 amide bonds. The van der Waals surface area contributed by atoms with Crippen LogP contribution in [0.15, 0.2) is 35.2 Å². The zero-order valence-electron chi connectivity index (χ0n) is 13.2. The van der Waals surface area contributed by atoms with Gasteiger partial charge in [-0.1, -0.05) is 12.1 Å². The molecule has 1 fully saturated rings. The van der Waals surface area contributed by atoms with Gasteiger partial charge in [-0.2, -0.15) is 5.10 Å². The molecule has 2 heterocycles. The van der Waals surface area contributed by atoms with E-state index >= 15 is 0 Å². The van der Waals surface area contributed by atoms with Gasteiger partial charge in [0.25, 0.3) is 5.91 Å². The van der Waals surface area contributed by atoms with E-state index in [-0.39, 0.29) is 5.91 Å². The molecule has 0 unspecified atom stereocenters. The number of carbonyl (C=O) groups excluding carboxylic acids is 1. The number of aromatic nitrogens is 2. The van der Waals surface area contributed by atoms with Gasteiger partial charge < -0.3 is 4.90 Å². The van der Waals surface area contributed by atoms with Crippen molar-refractivity contribution in [1.29, 1.82) is 0 Å². The first kappa shape index (κ1) is 15.2. The Morgan fingerprint density at radius 3 is 2.77 bits per heavy atom. The van der Waals surface area contributed by atoms with Crippen LogP contribution < -0.4 is 0 Å². The Bertz CT molecular complexity index is 695. The molecule has 2 aromatic rings. The van der Waals surface area contributed by atoms with Gasteiger partial charge >= 0.3 is 0 Å². The summed E-state index contributed by atoms with van der Waals surface area (Å²) in [5, 5.41) is 4.57. The van der Waals surface area contributed by atoms with E-state index in [0.717, 1.165) is 35.7 Å². The quantitative estimate of drug-likeness (QED) is 0.816. The molecule has 1 atom stereocenters. The standard InChI is InChI=1S/C17H21N3OS/c1-12-10-13(2)20(18-12)14-8-9-19(11-14)17(21)15-6-4-5-7-16(15)22-3/h4-7,10,14H,8-9,11H2,1-3H3/t14-/m0/s1. The van der Waals surface area contributed by atoms with Gasteiger partial charge in [-0.15, -0.1) is 11.8 Å². The van der Waals surface area contributed by atoms with Crippen LogP contribution in [0.2, 0.25) is 0 Å². The number of hydrogen-bond donors (Lipinski definition) is 0. The lowest BCUT2D eigenvalue weighted by atomic mass is 10.2. The zero-order chi connectivity index (χ0) is 15.7. The molecule has 1 saturated heterocycles. The minimum absolute atomic E-state index is 0.133. The number of likely N-dealkylation sites (tertiary alicyclic amines) is 1. The molecule has 0 bridgehead atoms. The van der Waals surface area contributed by atoms with Gasteiger partial charge in [-0.25, -0.2) is 0 Å². The number of aryl methyl sites for hydroxylation is 2. The molecule has 1 aromatic carbocycles. The third-order valence-electron chi connectivity index (χ3n) is 4.18.